The van der Waals surface area contributed by atoms with Crippen molar-refractivity contribution in [2.24, 2.45) is 5.73 Å². The molecule has 1 aromatic carbocycles. The van der Waals surface area contributed by atoms with E-state index in [1.807, 2.05) is 0 Å². The van der Waals surface area contributed by atoms with Crippen LogP contribution in [0.2, 0.25) is 0 Å². The molecule has 1 rings (SSSR count). The minimum Gasteiger partial charge on any atom is -0.391 e. The van der Waals surface area contributed by atoms with Gasteiger partial charge in [-0.05, 0) is 36.4 Å². The van der Waals surface area contributed by atoms with Gasteiger partial charge in [0.25, 0.3) is 0 Å². The lowest BCUT2D eigenvalue weighted by Gasteiger charge is -2.15. The average Bonchev–Trinajstić information content (AvgIpc) is 2.15. The van der Waals surface area contributed by atoms with Crippen molar-refractivity contribution in [3.05, 3.63) is 29.8 Å². The molecule has 0 saturated heterocycles. The topological polar surface area (TPSA) is 46.2 Å². The Kier molecular flexibility index (Phi) is 4.23. The number of hydrogen-bond donors (Lipinski definition) is 2. The summed E-state index contributed by atoms with van der Waals surface area (Å²) < 4.78 is 36.1. The highest BCUT2D eigenvalue weighted by Gasteiger charge is 2.29. The van der Waals surface area contributed by atoms with Crippen molar-refractivity contribution in [2.75, 3.05) is 0 Å². The number of rotatable bonds is 3. The second-order valence-corrected chi connectivity index (χ2v) is 4.52. The van der Waals surface area contributed by atoms with Crippen molar-refractivity contribution in [3.63, 3.8) is 0 Å². The van der Waals surface area contributed by atoms with E-state index < -0.39 is 17.7 Å². The molecule has 0 bridgehead atoms. The fourth-order valence-corrected chi connectivity index (χ4v) is 1.71. The number of nitrogens with two attached hydrogens (primary N) is 1. The first-order valence-electron chi connectivity index (χ1n) is 4.59. The van der Waals surface area contributed by atoms with Crippen LogP contribution in [-0.4, -0.2) is 16.7 Å². The molecular weight excluding hydrogens is 239 g/mol. The van der Waals surface area contributed by atoms with Crippen molar-refractivity contribution < 1.29 is 18.3 Å². The van der Waals surface area contributed by atoms with Gasteiger partial charge in [-0.15, -0.1) is 0 Å². The summed E-state index contributed by atoms with van der Waals surface area (Å²) in [5, 5.41) is 9.22. The number of aliphatic hydroxyl groups excluding tert-OH is 1. The first-order chi connectivity index (χ1) is 7.29. The number of benzene rings is 1. The van der Waals surface area contributed by atoms with Crippen LogP contribution >= 0.6 is 11.8 Å². The van der Waals surface area contributed by atoms with Crippen LogP contribution in [0.5, 0.6) is 0 Å². The Hall–Kier alpha value is -0.720. The maximum absolute atomic E-state index is 12.0. The maximum atomic E-state index is 12.0. The van der Waals surface area contributed by atoms with Crippen LogP contribution in [0, 0.1) is 0 Å². The molecule has 0 saturated carbocycles. The zero-order valence-electron chi connectivity index (χ0n) is 8.53. The smallest absolute Gasteiger partial charge is 0.391 e. The van der Waals surface area contributed by atoms with E-state index in [-0.39, 0.29) is 16.7 Å². The van der Waals surface area contributed by atoms with Crippen LogP contribution in [-0.2, 0) is 0 Å². The molecule has 90 valence electrons. The SMILES string of the molecule is CC(O)C(N)c1ccc(SC(F)(F)F)cc1. The third kappa shape index (κ3) is 4.03. The lowest BCUT2D eigenvalue weighted by Crippen LogP contribution is -2.22. The van der Waals surface area contributed by atoms with Gasteiger partial charge in [-0.2, -0.15) is 13.2 Å². The predicted octanol–water partition coefficient (Wildman–Crippen LogP) is 2.68. The number of thioether (sulfide) groups is 1. The van der Waals surface area contributed by atoms with Gasteiger partial charge in [-0.1, -0.05) is 12.1 Å². The van der Waals surface area contributed by atoms with Crippen LogP contribution in [0.4, 0.5) is 13.2 Å². The fourth-order valence-electron chi connectivity index (χ4n) is 1.17. The molecule has 0 heterocycles. The molecule has 2 unspecified atom stereocenters. The zero-order valence-corrected chi connectivity index (χ0v) is 9.35. The first kappa shape index (κ1) is 13.3. The van der Waals surface area contributed by atoms with E-state index >= 15 is 0 Å². The van der Waals surface area contributed by atoms with E-state index in [1.165, 1.54) is 31.2 Å². The van der Waals surface area contributed by atoms with Crippen LogP contribution in [0.1, 0.15) is 18.5 Å². The molecular formula is C10H12F3NOS. The highest BCUT2D eigenvalue weighted by Crippen LogP contribution is 2.36. The fraction of sp³-hybridized carbons (Fsp3) is 0.400. The van der Waals surface area contributed by atoms with E-state index in [9.17, 15) is 18.3 Å². The Labute approximate surface area is 95.6 Å². The Bertz CT molecular complexity index is 337. The van der Waals surface area contributed by atoms with Crippen molar-refractivity contribution >= 4 is 11.8 Å². The minimum atomic E-state index is -4.28. The third-order valence-electron chi connectivity index (χ3n) is 2.02. The van der Waals surface area contributed by atoms with E-state index in [4.69, 9.17) is 5.73 Å². The molecule has 2 nitrogen and oxygen atoms in total. The molecule has 0 aliphatic rings. The highest BCUT2D eigenvalue weighted by molar-refractivity contribution is 8.00. The van der Waals surface area contributed by atoms with Crippen molar-refractivity contribution in [1.82, 2.24) is 0 Å². The highest BCUT2D eigenvalue weighted by atomic mass is 32.2. The van der Waals surface area contributed by atoms with E-state index in [2.05, 4.69) is 0 Å². The van der Waals surface area contributed by atoms with Crippen LogP contribution in [0.15, 0.2) is 29.2 Å². The van der Waals surface area contributed by atoms with Gasteiger partial charge < -0.3 is 10.8 Å². The predicted molar refractivity (Wildman–Crippen MR) is 57.0 cm³/mol. The molecule has 0 amide bonds. The summed E-state index contributed by atoms with van der Waals surface area (Å²) >= 11 is -0.174. The second kappa shape index (κ2) is 5.07. The summed E-state index contributed by atoms with van der Waals surface area (Å²) in [4.78, 5) is 0.106. The van der Waals surface area contributed by atoms with Gasteiger partial charge in [-0.3, -0.25) is 0 Å². The lowest BCUT2D eigenvalue weighted by atomic mass is 10.0. The maximum Gasteiger partial charge on any atom is 0.446 e. The standard InChI is InChI=1S/C10H12F3NOS/c1-6(15)9(14)7-2-4-8(5-3-7)16-10(11,12)13/h2-6,9,15H,14H2,1H3. The molecule has 0 aliphatic heterocycles. The summed E-state index contributed by atoms with van der Waals surface area (Å²) in [7, 11) is 0. The lowest BCUT2D eigenvalue weighted by molar-refractivity contribution is -0.0328. The summed E-state index contributed by atoms with van der Waals surface area (Å²) in [6.07, 6.45) is -0.735. The number of hydrogen-bond acceptors (Lipinski definition) is 3. The van der Waals surface area contributed by atoms with Crippen LogP contribution < -0.4 is 5.73 Å². The Morgan fingerprint density at radius 3 is 2.12 bits per heavy atom. The summed E-state index contributed by atoms with van der Waals surface area (Å²) in [6.45, 7) is 1.53. The molecule has 0 spiro atoms. The number of halogens is 3. The largest absolute Gasteiger partial charge is 0.446 e. The van der Waals surface area contributed by atoms with Gasteiger partial charge in [0.1, 0.15) is 0 Å². The monoisotopic (exact) mass is 251 g/mol. The summed E-state index contributed by atoms with van der Waals surface area (Å²) in [6, 6.07) is 5.09. The minimum absolute atomic E-state index is 0.106. The van der Waals surface area contributed by atoms with Crippen LogP contribution in [0.25, 0.3) is 0 Å². The zero-order chi connectivity index (χ0) is 12.3. The van der Waals surface area contributed by atoms with Crippen LogP contribution in [0.3, 0.4) is 0 Å². The molecule has 1 aromatic rings. The normalized spacial score (nSPS) is 15.9. The Morgan fingerprint density at radius 1 is 1.25 bits per heavy atom. The molecule has 6 heteroatoms. The van der Waals surface area contributed by atoms with Gasteiger partial charge in [0.15, 0.2) is 0 Å². The summed E-state index contributed by atoms with van der Waals surface area (Å²) in [5.74, 6) is 0. The second-order valence-electron chi connectivity index (χ2n) is 3.38. The van der Waals surface area contributed by atoms with E-state index in [1.54, 1.807) is 0 Å². The molecule has 0 radical (unpaired) electrons. The Balaban J connectivity index is 2.76. The first-order valence-corrected chi connectivity index (χ1v) is 5.40. The average molecular weight is 251 g/mol. The van der Waals surface area contributed by atoms with Gasteiger partial charge in [-0.25, -0.2) is 0 Å². The molecule has 3 N–H and O–H groups in total. The van der Waals surface area contributed by atoms with Crippen molar-refractivity contribution in [3.8, 4) is 0 Å². The summed E-state index contributed by atoms with van der Waals surface area (Å²) in [5.41, 5.74) is 1.96. The van der Waals surface area contributed by atoms with Gasteiger partial charge in [0.2, 0.25) is 0 Å². The van der Waals surface area contributed by atoms with E-state index in [0.29, 0.717) is 5.56 Å². The third-order valence-corrected chi connectivity index (χ3v) is 2.76. The molecule has 16 heavy (non-hydrogen) atoms. The molecule has 0 aliphatic carbocycles. The molecule has 2 atom stereocenters. The Morgan fingerprint density at radius 2 is 1.75 bits per heavy atom. The molecule has 0 fully saturated rings. The van der Waals surface area contributed by atoms with Gasteiger partial charge in [0, 0.05) is 4.90 Å². The van der Waals surface area contributed by atoms with Crippen molar-refractivity contribution in [2.45, 2.75) is 29.5 Å². The number of alkyl halides is 3. The van der Waals surface area contributed by atoms with Gasteiger partial charge >= 0.3 is 5.51 Å². The van der Waals surface area contributed by atoms with Crippen molar-refractivity contribution in [1.29, 1.82) is 0 Å². The quantitative estimate of drug-likeness (QED) is 0.812. The van der Waals surface area contributed by atoms with E-state index in [0.717, 1.165) is 0 Å². The number of aliphatic hydroxyl groups is 1. The van der Waals surface area contributed by atoms with Gasteiger partial charge in [0.05, 0.1) is 12.1 Å². The molecule has 0 aromatic heterocycles.